The summed E-state index contributed by atoms with van der Waals surface area (Å²) in [5.74, 6) is -2.61. The topological polar surface area (TPSA) is 108 Å². The summed E-state index contributed by atoms with van der Waals surface area (Å²) in [4.78, 5) is 44.0. The van der Waals surface area contributed by atoms with Gasteiger partial charge in [-0.3, -0.25) is 14.4 Å². The molecule has 1 spiro atoms. The van der Waals surface area contributed by atoms with Crippen LogP contribution >= 0.6 is 0 Å². The van der Waals surface area contributed by atoms with Gasteiger partial charge in [-0.15, -0.1) is 0 Å². The number of amides is 3. The van der Waals surface area contributed by atoms with E-state index in [0.29, 0.717) is 30.6 Å². The van der Waals surface area contributed by atoms with E-state index in [1.54, 1.807) is 0 Å². The second-order valence-electron chi connectivity index (χ2n) is 11.7. The first-order chi connectivity index (χ1) is 18.6. The highest BCUT2D eigenvalue weighted by Crippen LogP contribution is 2.64. The van der Waals surface area contributed by atoms with Gasteiger partial charge in [0, 0.05) is 11.4 Å². The van der Waals surface area contributed by atoms with Crippen LogP contribution in [0.25, 0.3) is 0 Å². The van der Waals surface area contributed by atoms with Crippen molar-refractivity contribution in [3.05, 3.63) is 59.7 Å². The van der Waals surface area contributed by atoms with Gasteiger partial charge in [-0.1, -0.05) is 51.1 Å². The minimum Gasteiger partial charge on any atom is -0.394 e. The van der Waals surface area contributed by atoms with E-state index in [4.69, 9.17) is 4.74 Å². The fourth-order valence-electron chi connectivity index (χ4n) is 7.14. The number of carbonyl (C=O) groups excluding carboxylic acids is 3. The molecule has 3 saturated heterocycles. The van der Waals surface area contributed by atoms with Crippen LogP contribution in [-0.2, 0) is 19.1 Å². The minimum absolute atomic E-state index is 0.112. The van der Waals surface area contributed by atoms with Crippen LogP contribution in [0.3, 0.4) is 0 Å². The molecule has 3 aliphatic heterocycles. The van der Waals surface area contributed by atoms with Crippen molar-refractivity contribution < 1.29 is 24.2 Å². The summed E-state index contributed by atoms with van der Waals surface area (Å²) >= 11 is 0. The summed E-state index contributed by atoms with van der Waals surface area (Å²) in [6.07, 6.45) is 1.61. The van der Waals surface area contributed by atoms with E-state index in [9.17, 15) is 19.5 Å². The van der Waals surface area contributed by atoms with Gasteiger partial charge in [0.2, 0.25) is 17.7 Å². The maximum absolute atomic E-state index is 14.4. The van der Waals surface area contributed by atoms with E-state index in [0.717, 1.165) is 11.1 Å². The molecule has 3 N–H and O–H groups in total. The SMILES string of the molecule is CC[C@@]12CCC3(O1)C(C(=O)Nc1cc(C)ccc1C)N([C@@H](CO)C(C)C)C(=O)[C@@H]3[C@@H]2C(=O)Nc1ccccc1. The first kappa shape index (κ1) is 27.3. The molecule has 3 aliphatic rings. The van der Waals surface area contributed by atoms with E-state index in [1.165, 1.54) is 4.90 Å². The van der Waals surface area contributed by atoms with Crippen LogP contribution in [0.1, 0.15) is 51.2 Å². The second-order valence-corrected chi connectivity index (χ2v) is 11.7. The Morgan fingerprint density at radius 2 is 1.79 bits per heavy atom. The number of aliphatic hydroxyl groups is 1. The number of hydrogen-bond acceptors (Lipinski definition) is 5. The zero-order valence-corrected chi connectivity index (χ0v) is 23.4. The predicted molar refractivity (Wildman–Crippen MR) is 149 cm³/mol. The molecule has 3 heterocycles. The number of nitrogens with zero attached hydrogens (tertiary/aromatic N) is 1. The van der Waals surface area contributed by atoms with Crippen LogP contribution in [0.15, 0.2) is 48.5 Å². The Morgan fingerprint density at radius 1 is 1.08 bits per heavy atom. The lowest BCUT2D eigenvalue weighted by molar-refractivity contribution is -0.149. The van der Waals surface area contributed by atoms with Crippen LogP contribution in [0, 0.1) is 31.6 Å². The molecule has 0 radical (unpaired) electrons. The maximum Gasteiger partial charge on any atom is 0.250 e. The molecule has 2 bridgehead atoms. The number of benzene rings is 2. The third kappa shape index (κ3) is 4.25. The molecular formula is C31H39N3O5. The molecule has 3 amide bonds. The van der Waals surface area contributed by atoms with Gasteiger partial charge in [-0.2, -0.15) is 0 Å². The highest BCUT2D eigenvalue weighted by molar-refractivity contribution is 6.05. The van der Waals surface area contributed by atoms with Crippen molar-refractivity contribution in [2.24, 2.45) is 17.8 Å². The average Bonchev–Trinajstić information content (AvgIpc) is 3.51. The van der Waals surface area contributed by atoms with Gasteiger partial charge in [-0.25, -0.2) is 0 Å². The Hall–Kier alpha value is -3.23. The molecular weight excluding hydrogens is 494 g/mol. The first-order valence-electron chi connectivity index (χ1n) is 14.0. The summed E-state index contributed by atoms with van der Waals surface area (Å²) in [6, 6.07) is 13.4. The number of para-hydroxylation sites is 1. The fraction of sp³-hybridized carbons (Fsp3) is 0.516. The van der Waals surface area contributed by atoms with Crippen molar-refractivity contribution in [3.63, 3.8) is 0 Å². The zero-order valence-electron chi connectivity index (χ0n) is 23.4. The Labute approximate surface area is 230 Å². The molecule has 0 aliphatic carbocycles. The number of anilines is 2. The molecule has 6 atom stereocenters. The van der Waals surface area contributed by atoms with Gasteiger partial charge < -0.3 is 25.4 Å². The third-order valence-electron chi connectivity index (χ3n) is 9.16. The molecule has 0 saturated carbocycles. The number of rotatable bonds is 8. The van der Waals surface area contributed by atoms with Crippen molar-refractivity contribution in [3.8, 4) is 0 Å². The number of hydrogen-bond donors (Lipinski definition) is 3. The summed E-state index contributed by atoms with van der Waals surface area (Å²) in [7, 11) is 0. The smallest absolute Gasteiger partial charge is 0.250 e. The number of aryl methyl sites for hydroxylation is 2. The van der Waals surface area contributed by atoms with E-state index in [2.05, 4.69) is 10.6 Å². The molecule has 39 heavy (non-hydrogen) atoms. The number of likely N-dealkylation sites (tertiary alicyclic amines) is 1. The molecule has 3 fully saturated rings. The lowest BCUT2D eigenvalue weighted by atomic mass is 9.65. The molecule has 0 aromatic heterocycles. The van der Waals surface area contributed by atoms with E-state index >= 15 is 0 Å². The summed E-state index contributed by atoms with van der Waals surface area (Å²) < 4.78 is 6.83. The Bertz CT molecular complexity index is 1280. The molecule has 2 aromatic rings. The molecule has 2 aromatic carbocycles. The molecule has 8 heteroatoms. The molecule has 5 rings (SSSR count). The van der Waals surface area contributed by atoms with Gasteiger partial charge in [-0.05, 0) is 68.4 Å². The highest BCUT2D eigenvalue weighted by Gasteiger charge is 2.79. The zero-order chi connectivity index (χ0) is 28.1. The lowest BCUT2D eigenvalue weighted by Crippen LogP contribution is -2.57. The average molecular weight is 534 g/mol. The quantitative estimate of drug-likeness (QED) is 0.475. The monoisotopic (exact) mass is 533 g/mol. The number of nitrogens with one attached hydrogen (secondary N) is 2. The summed E-state index contributed by atoms with van der Waals surface area (Å²) in [5, 5.41) is 16.5. The van der Waals surface area contributed by atoms with Gasteiger partial charge in [0.15, 0.2) is 0 Å². The van der Waals surface area contributed by atoms with Crippen molar-refractivity contribution >= 4 is 29.1 Å². The van der Waals surface area contributed by atoms with E-state index in [1.807, 2.05) is 83.1 Å². The van der Waals surface area contributed by atoms with Crippen molar-refractivity contribution in [2.75, 3.05) is 17.2 Å². The normalized spacial score (nSPS) is 30.0. The lowest BCUT2D eigenvalue weighted by Gasteiger charge is -2.38. The Morgan fingerprint density at radius 3 is 2.44 bits per heavy atom. The Balaban J connectivity index is 1.58. The number of fused-ring (bicyclic) bond motifs is 1. The summed E-state index contributed by atoms with van der Waals surface area (Å²) in [5.41, 5.74) is 1.23. The van der Waals surface area contributed by atoms with Crippen LogP contribution in [0.4, 0.5) is 11.4 Å². The number of carbonyl (C=O) groups is 3. The van der Waals surface area contributed by atoms with E-state index < -0.39 is 35.1 Å². The summed E-state index contributed by atoms with van der Waals surface area (Å²) in [6.45, 7) is 9.40. The first-order valence-corrected chi connectivity index (χ1v) is 14.0. The number of ether oxygens (including phenoxy) is 1. The van der Waals surface area contributed by atoms with Gasteiger partial charge >= 0.3 is 0 Å². The molecule has 2 unspecified atom stereocenters. The van der Waals surface area contributed by atoms with Crippen molar-refractivity contribution in [1.82, 2.24) is 4.90 Å². The largest absolute Gasteiger partial charge is 0.394 e. The molecule has 8 nitrogen and oxygen atoms in total. The Kier molecular flexibility index (Phi) is 7.06. The molecule has 208 valence electrons. The van der Waals surface area contributed by atoms with Crippen molar-refractivity contribution in [2.45, 2.75) is 77.2 Å². The van der Waals surface area contributed by atoms with Crippen molar-refractivity contribution in [1.29, 1.82) is 0 Å². The van der Waals surface area contributed by atoms with Crippen LogP contribution in [0.5, 0.6) is 0 Å². The van der Waals surface area contributed by atoms with E-state index in [-0.39, 0.29) is 30.2 Å². The van der Waals surface area contributed by atoms with Crippen LogP contribution < -0.4 is 10.6 Å². The van der Waals surface area contributed by atoms with Crippen LogP contribution in [-0.4, -0.2) is 57.6 Å². The minimum atomic E-state index is -1.16. The van der Waals surface area contributed by atoms with Crippen LogP contribution in [0.2, 0.25) is 0 Å². The predicted octanol–water partition coefficient (Wildman–Crippen LogP) is 4.05. The van der Waals surface area contributed by atoms with Gasteiger partial charge in [0.05, 0.1) is 30.1 Å². The second kappa shape index (κ2) is 10.1. The maximum atomic E-state index is 14.4. The number of aliphatic hydroxyl groups excluding tert-OH is 1. The highest BCUT2D eigenvalue weighted by atomic mass is 16.5. The van der Waals surface area contributed by atoms with Gasteiger partial charge in [0.1, 0.15) is 11.6 Å². The standard InChI is InChI=1S/C31H39N3O5/c1-6-30-14-15-31(39-30)25(24(30)27(36)32-21-10-8-7-9-11-21)29(38)34(23(17-35)18(2)3)26(31)28(37)33-22-16-19(4)12-13-20(22)5/h7-13,16,18,23-26,35H,6,14-15,17H2,1-5H3,(H,32,36)(H,33,37)/t23-,24+,25-,26?,30-,31?/m0/s1. The van der Waals surface area contributed by atoms with Gasteiger partial charge in [0.25, 0.3) is 0 Å². The fourth-order valence-corrected chi connectivity index (χ4v) is 7.14. The third-order valence-corrected chi connectivity index (χ3v) is 9.16.